The van der Waals surface area contributed by atoms with Crippen molar-refractivity contribution >= 4 is 10.1 Å². The van der Waals surface area contributed by atoms with Crippen LogP contribution in [0.1, 0.15) is 0 Å². The van der Waals surface area contributed by atoms with Gasteiger partial charge in [0.1, 0.15) is 0 Å². The molecule has 0 radical (unpaired) electrons. The second-order valence-electron chi connectivity index (χ2n) is 1.90. The molecular weight excluding hydrogens is 185 g/mol. The van der Waals surface area contributed by atoms with Gasteiger partial charge in [-0.2, -0.15) is 21.6 Å². The molecule has 1 rings (SSSR count). The Balaban J connectivity index is 2.97. The van der Waals surface area contributed by atoms with E-state index in [1.807, 2.05) is 0 Å². The maximum atomic E-state index is 11.7. The zero-order valence-electron chi connectivity index (χ0n) is 5.05. The van der Waals surface area contributed by atoms with Gasteiger partial charge < -0.3 is 0 Å². The molecule has 0 aromatic carbocycles. The highest BCUT2D eigenvalue weighted by molar-refractivity contribution is 7.89. The molecule has 0 amide bonds. The van der Waals surface area contributed by atoms with Gasteiger partial charge in [-0.05, 0) is 0 Å². The van der Waals surface area contributed by atoms with Crippen molar-refractivity contribution in [3.05, 3.63) is 11.0 Å². The summed E-state index contributed by atoms with van der Waals surface area (Å²) in [6.07, 6.45) is -4.61. The lowest BCUT2D eigenvalue weighted by molar-refractivity contribution is -0.0950. The van der Waals surface area contributed by atoms with Gasteiger partial charge in [-0.15, -0.1) is 0 Å². The fourth-order valence-corrected chi connectivity index (χ4v) is 1.45. The second kappa shape index (κ2) is 2.21. The van der Waals surface area contributed by atoms with E-state index in [1.54, 1.807) is 0 Å². The number of rotatable bonds is 0. The molecule has 0 fully saturated rings. The summed E-state index contributed by atoms with van der Waals surface area (Å²) in [6, 6.07) is 0. The highest BCUT2D eigenvalue weighted by atomic mass is 32.2. The summed E-state index contributed by atoms with van der Waals surface area (Å²) in [5, 5.41) is 0.0903. The van der Waals surface area contributed by atoms with Crippen molar-refractivity contribution in [1.82, 2.24) is 0 Å². The van der Waals surface area contributed by atoms with E-state index in [1.165, 1.54) is 0 Å². The van der Waals surface area contributed by atoms with E-state index in [0.29, 0.717) is 0 Å². The first kappa shape index (κ1) is 8.54. The maximum absolute atomic E-state index is 11.7. The average molecular weight is 188 g/mol. The molecule has 0 spiro atoms. The molecule has 0 aromatic heterocycles. The number of hydrogen-bond donors (Lipinski definition) is 0. The summed E-state index contributed by atoms with van der Waals surface area (Å²) in [5.41, 5.74) is -1.17. The molecule has 11 heavy (non-hydrogen) atoms. The molecule has 1 aliphatic rings. The van der Waals surface area contributed by atoms with Crippen molar-refractivity contribution < 1.29 is 25.8 Å². The molecule has 0 saturated carbocycles. The summed E-state index contributed by atoms with van der Waals surface area (Å²) in [5.74, 6) is 0. The Bertz CT molecular complexity index is 286. The predicted octanol–water partition coefficient (Wildman–Crippen LogP) is 0.793. The predicted molar refractivity (Wildman–Crippen MR) is 29.0 cm³/mol. The molecule has 1 heterocycles. The molecule has 0 bridgehead atoms. The van der Waals surface area contributed by atoms with Crippen molar-refractivity contribution in [3.63, 3.8) is 0 Å². The highest BCUT2D eigenvalue weighted by Crippen LogP contribution is 2.30. The van der Waals surface area contributed by atoms with Crippen molar-refractivity contribution in [2.24, 2.45) is 0 Å². The molecule has 0 N–H and O–H groups in total. The van der Waals surface area contributed by atoms with Crippen LogP contribution in [0.5, 0.6) is 0 Å². The Morgan fingerprint density at radius 3 is 2.18 bits per heavy atom. The lowest BCUT2D eigenvalue weighted by Gasteiger charge is -2.02. The van der Waals surface area contributed by atoms with Gasteiger partial charge in [0.25, 0.3) is 10.1 Å². The average Bonchev–Trinajstić information content (AvgIpc) is 2.07. The normalized spacial score (nSPS) is 23.4. The molecule has 3 nitrogen and oxygen atoms in total. The zero-order chi connectivity index (χ0) is 8.70. The van der Waals surface area contributed by atoms with Gasteiger partial charge in [0.2, 0.25) is 0 Å². The Morgan fingerprint density at radius 1 is 1.45 bits per heavy atom. The minimum absolute atomic E-state index is 0.0903. The molecule has 0 aromatic rings. The largest absolute Gasteiger partial charge is 0.415 e. The molecule has 0 saturated heterocycles. The van der Waals surface area contributed by atoms with Crippen LogP contribution in [0, 0.1) is 0 Å². The molecule has 0 unspecified atom stereocenters. The van der Waals surface area contributed by atoms with E-state index in [-0.39, 0.29) is 5.41 Å². The van der Waals surface area contributed by atoms with Crippen LogP contribution in [0.4, 0.5) is 13.2 Å². The van der Waals surface area contributed by atoms with Gasteiger partial charge in [0, 0.05) is 0 Å². The van der Waals surface area contributed by atoms with Crippen LogP contribution >= 0.6 is 0 Å². The van der Waals surface area contributed by atoms with Gasteiger partial charge in [-0.1, -0.05) is 0 Å². The van der Waals surface area contributed by atoms with E-state index in [2.05, 4.69) is 4.18 Å². The smallest absolute Gasteiger partial charge is 0.262 e. The highest BCUT2D eigenvalue weighted by Gasteiger charge is 2.39. The first-order valence-corrected chi connectivity index (χ1v) is 3.95. The van der Waals surface area contributed by atoms with Crippen molar-refractivity contribution in [1.29, 1.82) is 0 Å². The fraction of sp³-hybridized carbons (Fsp3) is 0.500. The van der Waals surface area contributed by atoms with Crippen LogP contribution in [-0.4, -0.2) is 21.2 Å². The Morgan fingerprint density at radius 2 is 2.00 bits per heavy atom. The molecule has 0 atom stereocenters. The third-order valence-corrected chi connectivity index (χ3v) is 2.05. The molecule has 64 valence electrons. The fourth-order valence-electron chi connectivity index (χ4n) is 0.537. The summed E-state index contributed by atoms with van der Waals surface area (Å²) < 4.78 is 59.5. The first-order chi connectivity index (χ1) is 4.81. The first-order valence-electron chi connectivity index (χ1n) is 2.48. The maximum Gasteiger partial charge on any atom is 0.415 e. The summed E-state index contributed by atoms with van der Waals surface area (Å²) in [4.78, 5) is 0. The summed E-state index contributed by atoms with van der Waals surface area (Å²) in [7, 11) is -4.06. The van der Waals surface area contributed by atoms with E-state index in [0.717, 1.165) is 0 Å². The van der Waals surface area contributed by atoms with Crippen molar-refractivity contribution in [2.45, 2.75) is 6.18 Å². The third kappa shape index (κ3) is 1.93. The number of alkyl halides is 3. The quantitative estimate of drug-likeness (QED) is 0.528. The topological polar surface area (TPSA) is 43.4 Å². The van der Waals surface area contributed by atoms with Crippen LogP contribution in [0.2, 0.25) is 0 Å². The summed E-state index contributed by atoms with van der Waals surface area (Å²) in [6.45, 7) is -0.911. The van der Waals surface area contributed by atoms with E-state index < -0.39 is 28.5 Å². The zero-order valence-corrected chi connectivity index (χ0v) is 5.87. The van der Waals surface area contributed by atoms with E-state index >= 15 is 0 Å². The van der Waals surface area contributed by atoms with Crippen LogP contribution in [-0.2, 0) is 14.3 Å². The van der Waals surface area contributed by atoms with Crippen LogP contribution < -0.4 is 0 Å². The van der Waals surface area contributed by atoms with Crippen LogP contribution in [0.3, 0.4) is 0 Å². The van der Waals surface area contributed by atoms with E-state index in [4.69, 9.17) is 0 Å². The lowest BCUT2D eigenvalue weighted by Crippen LogP contribution is -2.12. The third-order valence-electron chi connectivity index (χ3n) is 1.03. The van der Waals surface area contributed by atoms with Gasteiger partial charge in [0.05, 0.1) is 17.6 Å². The molecule has 7 heteroatoms. The lowest BCUT2D eigenvalue weighted by atomic mass is 10.3. The minimum atomic E-state index is -4.61. The summed E-state index contributed by atoms with van der Waals surface area (Å²) >= 11 is 0. The molecular formula is C4H3F3O3S. The Labute approximate surface area is 60.6 Å². The standard InChI is InChI=1S/C4H3F3O3S/c5-4(6,7)3-1-10-11(8,9)2-3/h2H,1H2. The monoisotopic (exact) mass is 188 g/mol. The number of hydrogen-bond acceptors (Lipinski definition) is 3. The Kier molecular flexibility index (Phi) is 1.72. The van der Waals surface area contributed by atoms with Gasteiger partial charge in [0.15, 0.2) is 0 Å². The Hall–Kier alpha value is -0.560. The van der Waals surface area contributed by atoms with Gasteiger partial charge in [-0.25, -0.2) is 0 Å². The van der Waals surface area contributed by atoms with E-state index in [9.17, 15) is 21.6 Å². The molecule has 1 aliphatic heterocycles. The van der Waals surface area contributed by atoms with Crippen molar-refractivity contribution in [3.8, 4) is 0 Å². The molecule has 0 aliphatic carbocycles. The van der Waals surface area contributed by atoms with Gasteiger partial charge in [-0.3, -0.25) is 4.18 Å². The van der Waals surface area contributed by atoms with Crippen LogP contribution in [0.25, 0.3) is 0 Å². The SMILES string of the molecule is O=S1(=O)C=C(C(F)(F)F)CO1. The van der Waals surface area contributed by atoms with Crippen LogP contribution in [0.15, 0.2) is 11.0 Å². The van der Waals surface area contributed by atoms with Crippen molar-refractivity contribution in [2.75, 3.05) is 6.61 Å². The van der Waals surface area contributed by atoms with Gasteiger partial charge >= 0.3 is 6.18 Å². The number of halogens is 3. The minimum Gasteiger partial charge on any atom is -0.262 e. The second-order valence-corrected chi connectivity index (χ2v) is 3.35.